The molecule has 1 saturated heterocycles. The predicted molar refractivity (Wildman–Crippen MR) is 58.0 cm³/mol. The van der Waals surface area contributed by atoms with E-state index in [1.165, 1.54) is 38.9 Å². The average Bonchev–Trinajstić information content (AvgIpc) is 2.49. The molecule has 0 bridgehead atoms. The first-order chi connectivity index (χ1) is 6.22. The van der Waals surface area contributed by atoms with Gasteiger partial charge in [0.2, 0.25) is 0 Å². The molecular formula is C11H24N2. The van der Waals surface area contributed by atoms with Gasteiger partial charge >= 0.3 is 0 Å². The number of rotatable bonds is 5. The van der Waals surface area contributed by atoms with Gasteiger partial charge in [0.05, 0.1) is 0 Å². The van der Waals surface area contributed by atoms with Gasteiger partial charge in [0.1, 0.15) is 0 Å². The van der Waals surface area contributed by atoms with Crippen LogP contribution in [0.2, 0.25) is 0 Å². The normalized spacial score (nSPS) is 26.5. The van der Waals surface area contributed by atoms with Crippen molar-refractivity contribution >= 4 is 0 Å². The molecule has 0 unspecified atom stereocenters. The Labute approximate surface area is 82.7 Å². The molecule has 1 heterocycles. The van der Waals surface area contributed by atoms with Gasteiger partial charge in [0.25, 0.3) is 0 Å². The largest absolute Gasteiger partial charge is 0.312 e. The third-order valence-electron chi connectivity index (χ3n) is 2.93. The predicted octanol–water partition coefficient (Wildman–Crippen LogP) is 1.72. The number of hydrogen-bond acceptors (Lipinski definition) is 2. The second-order valence-corrected chi connectivity index (χ2v) is 4.55. The number of nitrogens with zero attached hydrogens (tertiary/aromatic N) is 1. The summed E-state index contributed by atoms with van der Waals surface area (Å²) in [5.74, 6) is 0.843. The Bertz CT molecular complexity index is 136. The number of nitrogens with one attached hydrogen (secondary N) is 1. The Morgan fingerprint density at radius 3 is 2.85 bits per heavy atom. The van der Waals surface area contributed by atoms with Crippen LogP contribution < -0.4 is 5.32 Å². The van der Waals surface area contributed by atoms with Gasteiger partial charge in [-0.1, -0.05) is 20.3 Å². The zero-order valence-corrected chi connectivity index (χ0v) is 9.34. The highest BCUT2D eigenvalue weighted by molar-refractivity contribution is 4.79. The SMILES string of the molecule is CCC[C@H](C)CN[C@@H]1CCN(C)C1. The van der Waals surface area contributed by atoms with Gasteiger partial charge in [-0.3, -0.25) is 0 Å². The van der Waals surface area contributed by atoms with Gasteiger partial charge in [-0.2, -0.15) is 0 Å². The quantitative estimate of drug-likeness (QED) is 0.700. The van der Waals surface area contributed by atoms with Crippen LogP contribution in [0.1, 0.15) is 33.1 Å². The highest BCUT2D eigenvalue weighted by Gasteiger charge is 2.18. The lowest BCUT2D eigenvalue weighted by molar-refractivity contribution is 0.383. The molecule has 1 aliphatic rings. The number of hydrogen-bond donors (Lipinski definition) is 1. The maximum Gasteiger partial charge on any atom is 0.0207 e. The van der Waals surface area contributed by atoms with Gasteiger partial charge in [0, 0.05) is 12.6 Å². The van der Waals surface area contributed by atoms with Crippen molar-refractivity contribution in [2.24, 2.45) is 5.92 Å². The summed E-state index contributed by atoms with van der Waals surface area (Å²) < 4.78 is 0. The van der Waals surface area contributed by atoms with Crippen LogP contribution in [-0.4, -0.2) is 37.6 Å². The zero-order chi connectivity index (χ0) is 9.68. The standard InChI is InChI=1S/C11H24N2/c1-4-5-10(2)8-12-11-6-7-13(3)9-11/h10-12H,4-9H2,1-3H3/t10-,11+/m0/s1. The smallest absolute Gasteiger partial charge is 0.0207 e. The Morgan fingerprint density at radius 1 is 1.54 bits per heavy atom. The van der Waals surface area contributed by atoms with Gasteiger partial charge in [-0.05, 0) is 38.9 Å². The number of likely N-dealkylation sites (N-methyl/N-ethyl adjacent to an activating group) is 1. The van der Waals surface area contributed by atoms with Crippen LogP contribution in [0.5, 0.6) is 0 Å². The molecular weight excluding hydrogens is 160 g/mol. The van der Waals surface area contributed by atoms with Crippen LogP contribution in [0.4, 0.5) is 0 Å². The van der Waals surface area contributed by atoms with Crippen molar-refractivity contribution in [2.45, 2.75) is 39.2 Å². The van der Waals surface area contributed by atoms with E-state index >= 15 is 0 Å². The maximum absolute atomic E-state index is 3.65. The van der Waals surface area contributed by atoms with E-state index in [1.54, 1.807) is 0 Å². The minimum absolute atomic E-state index is 0.754. The molecule has 1 N–H and O–H groups in total. The first-order valence-electron chi connectivity index (χ1n) is 5.64. The Kier molecular flexibility index (Phi) is 4.74. The van der Waals surface area contributed by atoms with Crippen molar-refractivity contribution in [1.29, 1.82) is 0 Å². The molecule has 0 amide bonds. The maximum atomic E-state index is 3.65. The van der Waals surface area contributed by atoms with E-state index < -0.39 is 0 Å². The van der Waals surface area contributed by atoms with E-state index in [2.05, 4.69) is 31.1 Å². The van der Waals surface area contributed by atoms with Crippen LogP contribution in [0, 0.1) is 5.92 Å². The molecule has 2 atom stereocenters. The van der Waals surface area contributed by atoms with Crippen LogP contribution in [0.25, 0.3) is 0 Å². The Morgan fingerprint density at radius 2 is 2.31 bits per heavy atom. The third kappa shape index (κ3) is 4.10. The number of likely N-dealkylation sites (tertiary alicyclic amines) is 1. The molecule has 2 nitrogen and oxygen atoms in total. The molecule has 2 heteroatoms. The van der Waals surface area contributed by atoms with Gasteiger partial charge in [0.15, 0.2) is 0 Å². The van der Waals surface area contributed by atoms with E-state index in [1.807, 2.05) is 0 Å². The first-order valence-corrected chi connectivity index (χ1v) is 5.64. The fourth-order valence-corrected chi connectivity index (χ4v) is 2.06. The molecule has 1 aliphatic heterocycles. The van der Waals surface area contributed by atoms with Crippen LogP contribution in [0.3, 0.4) is 0 Å². The molecule has 78 valence electrons. The fourth-order valence-electron chi connectivity index (χ4n) is 2.06. The van der Waals surface area contributed by atoms with Crippen LogP contribution in [-0.2, 0) is 0 Å². The Hall–Kier alpha value is -0.0800. The fraction of sp³-hybridized carbons (Fsp3) is 1.00. The molecule has 13 heavy (non-hydrogen) atoms. The molecule has 0 aliphatic carbocycles. The van der Waals surface area contributed by atoms with Crippen molar-refractivity contribution in [3.8, 4) is 0 Å². The minimum Gasteiger partial charge on any atom is -0.312 e. The molecule has 0 radical (unpaired) electrons. The lowest BCUT2D eigenvalue weighted by Gasteiger charge is -2.16. The summed E-state index contributed by atoms with van der Waals surface area (Å²) >= 11 is 0. The summed E-state index contributed by atoms with van der Waals surface area (Å²) in [7, 11) is 2.21. The lowest BCUT2D eigenvalue weighted by atomic mass is 10.1. The minimum atomic E-state index is 0.754. The summed E-state index contributed by atoms with van der Waals surface area (Å²) in [5.41, 5.74) is 0. The Balaban J connectivity index is 2.05. The molecule has 1 rings (SSSR count). The highest BCUT2D eigenvalue weighted by Crippen LogP contribution is 2.08. The lowest BCUT2D eigenvalue weighted by Crippen LogP contribution is -2.34. The zero-order valence-electron chi connectivity index (χ0n) is 9.34. The van der Waals surface area contributed by atoms with Gasteiger partial charge in [-0.15, -0.1) is 0 Å². The van der Waals surface area contributed by atoms with Gasteiger partial charge in [-0.25, -0.2) is 0 Å². The summed E-state index contributed by atoms with van der Waals surface area (Å²) in [5, 5.41) is 3.65. The molecule has 1 fully saturated rings. The van der Waals surface area contributed by atoms with E-state index in [0.717, 1.165) is 12.0 Å². The summed E-state index contributed by atoms with van der Waals surface area (Å²) in [6.45, 7) is 8.31. The van der Waals surface area contributed by atoms with Gasteiger partial charge < -0.3 is 10.2 Å². The van der Waals surface area contributed by atoms with Crippen molar-refractivity contribution in [2.75, 3.05) is 26.7 Å². The summed E-state index contributed by atoms with van der Waals surface area (Å²) in [4.78, 5) is 2.40. The second-order valence-electron chi connectivity index (χ2n) is 4.55. The molecule has 0 saturated carbocycles. The van der Waals surface area contributed by atoms with E-state index in [4.69, 9.17) is 0 Å². The van der Waals surface area contributed by atoms with Crippen molar-refractivity contribution in [3.63, 3.8) is 0 Å². The monoisotopic (exact) mass is 184 g/mol. The van der Waals surface area contributed by atoms with Crippen LogP contribution >= 0.6 is 0 Å². The van der Waals surface area contributed by atoms with Crippen molar-refractivity contribution < 1.29 is 0 Å². The van der Waals surface area contributed by atoms with E-state index in [9.17, 15) is 0 Å². The molecule has 0 aromatic heterocycles. The van der Waals surface area contributed by atoms with E-state index in [0.29, 0.717) is 0 Å². The van der Waals surface area contributed by atoms with Crippen molar-refractivity contribution in [3.05, 3.63) is 0 Å². The third-order valence-corrected chi connectivity index (χ3v) is 2.93. The van der Waals surface area contributed by atoms with Crippen LogP contribution in [0.15, 0.2) is 0 Å². The molecule has 0 aromatic rings. The highest BCUT2D eigenvalue weighted by atomic mass is 15.2. The van der Waals surface area contributed by atoms with Crippen molar-refractivity contribution in [1.82, 2.24) is 10.2 Å². The molecule has 0 aromatic carbocycles. The second kappa shape index (κ2) is 5.61. The van der Waals surface area contributed by atoms with E-state index in [-0.39, 0.29) is 0 Å². The first kappa shape index (κ1) is 11.0. The summed E-state index contributed by atoms with van der Waals surface area (Å²) in [6.07, 6.45) is 4.00. The topological polar surface area (TPSA) is 15.3 Å². The summed E-state index contributed by atoms with van der Waals surface area (Å²) in [6, 6.07) is 0.754. The average molecular weight is 184 g/mol. The molecule has 0 spiro atoms.